The number of aromatic nitrogens is 1. The highest BCUT2D eigenvalue weighted by Crippen LogP contribution is 2.18. The molecule has 0 aromatic carbocycles. The number of nitrogens with zero attached hydrogens (tertiary/aromatic N) is 2. The van der Waals surface area contributed by atoms with Crippen molar-refractivity contribution in [1.29, 1.82) is 5.26 Å². The van der Waals surface area contributed by atoms with Gasteiger partial charge >= 0.3 is 0 Å². The van der Waals surface area contributed by atoms with Crippen LogP contribution in [0.2, 0.25) is 0 Å². The molecule has 0 aliphatic rings. The lowest BCUT2D eigenvalue weighted by atomic mass is 10.0. The number of hydrogen-bond donors (Lipinski definition) is 3. The summed E-state index contributed by atoms with van der Waals surface area (Å²) in [5.74, 6) is 0. The highest BCUT2D eigenvalue weighted by molar-refractivity contribution is 5.32. The molecule has 1 aromatic rings. The van der Waals surface area contributed by atoms with E-state index in [1.807, 2.05) is 0 Å². The summed E-state index contributed by atoms with van der Waals surface area (Å²) < 4.78 is 0. The lowest BCUT2D eigenvalue weighted by Crippen LogP contribution is -2.23. The molecule has 2 unspecified atom stereocenters. The van der Waals surface area contributed by atoms with Gasteiger partial charge in [-0.2, -0.15) is 5.26 Å². The Kier molecular flexibility index (Phi) is 3.54. The maximum absolute atomic E-state index is 9.50. The monoisotopic (exact) mass is 194 g/mol. The van der Waals surface area contributed by atoms with Crippen molar-refractivity contribution in [3.63, 3.8) is 0 Å². The molecule has 0 saturated carbocycles. The second kappa shape index (κ2) is 4.67. The molecule has 14 heavy (non-hydrogen) atoms. The van der Waals surface area contributed by atoms with E-state index in [9.17, 15) is 5.11 Å². The van der Waals surface area contributed by atoms with Crippen molar-refractivity contribution in [2.75, 3.05) is 6.61 Å². The Morgan fingerprint density at radius 2 is 2.21 bits per heavy atom. The number of nitriles is 1. The minimum Gasteiger partial charge on any atom is -0.394 e. The first-order chi connectivity index (χ1) is 6.70. The molecule has 5 heteroatoms. The van der Waals surface area contributed by atoms with Crippen LogP contribution in [0.25, 0.3) is 0 Å². The largest absolute Gasteiger partial charge is 0.394 e. The minimum absolute atomic E-state index is 0.0486. The molecule has 0 bridgehead atoms. The van der Waals surface area contributed by atoms with Gasteiger partial charge in [-0.3, -0.25) is 0 Å². The molecule has 0 saturated heterocycles. The van der Waals surface area contributed by atoms with E-state index in [2.05, 4.69) is 4.98 Å². The van der Waals surface area contributed by atoms with Crippen molar-refractivity contribution < 1.29 is 15.3 Å². The second-order valence-corrected chi connectivity index (χ2v) is 2.75. The molecule has 5 nitrogen and oxygen atoms in total. The number of aliphatic hydroxyl groups is 3. The fraction of sp³-hybridized carbons (Fsp3) is 0.333. The van der Waals surface area contributed by atoms with E-state index in [1.54, 1.807) is 12.1 Å². The predicted molar refractivity (Wildman–Crippen MR) is 47.0 cm³/mol. The zero-order chi connectivity index (χ0) is 10.6. The third kappa shape index (κ3) is 2.06. The smallest absolute Gasteiger partial charge is 0.146 e. The summed E-state index contributed by atoms with van der Waals surface area (Å²) in [5, 5.41) is 35.9. The molecular formula is C9H10N2O3. The van der Waals surface area contributed by atoms with Gasteiger partial charge in [0.2, 0.25) is 0 Å². The molecule has 0 fully saturated rings. The number of hydrogen-bond acceptors (Lipinski definition) is 5. The summed E-state index contributed by atoms with van der Waals surface area (Å²) in [6, 6.07) is 4.82. The van der Waals surface area contributed by atoms with Gasteiger partial charge in [0.15, 0.2) is 0 Å². The van der Waals surface area contributed by atoms with Crippen molar-refractivity contribution in [2.24, 2.45) is 0 Å². The molecule has 74 valence electrons. The third-order valence-electron chi connectivity index (χ3n) is 1.81. The van der Waals surface area contributed by atoms with Crippen molar-refractivity contribution in [3.8, 4) is 6.07 Å². The van der Waals surface area contributed by atoms with Crippen LogP contribution in [-0.2, 0) is 0 Å². The maximum Gasteiger partial charge on any atom is 0.146 e. The Morgan fingerprint density at radius 3 is 2.79 bits per heavy atom. The molecular weight excluding hydrogens is 184 g/mol. The molecule has 2 atom stereocenters. The van der Waals surface area contributed by atoms with E-state index in [0.717, 1.165) is 0 Å². The first kappa shape index (κ1) is 10.6. The topological polar surface area (TPSA) is 97.4 Å². The van der Waals surface area contributed by atoms with E-state index in [1.165, 1.54) is 12.3 Å². The normalized spacial score (nSPS) is 14.4. The van der Waals surface area contributed by atoms with E-state index < -0.39 is 18.8 Å². The Labute approximate surface area is 80.9 Å². The quantitative estimate of drug-likeness (QED) is 0.593. The lowest BCUT2D eigenvalue weighted by molar-refractivity contribution is -0.0155. The molecule has 0 amide bonds. The average Bonchev–Trinajstić information content (AvgIpc) is 2.26. The van der Waals surface area contributed by atoms with Gasteiger partial charge in [-0.05, 0) is 6.07 Å². The Bertz CT molecular complexity index is 348. The van der Waals surface area contributed by atoms with Crippen LogP contribution in [0, 0.1) is 11.3 Å². The van der Waals surface area contributed by atoms with Crippen LogP contribution in [0.4, 0.5) is 0 Å². The summed E-state index contributed by atoms with van der Waals surface area (Å²) in [7, 11) is 0. The van der Waals surface area contributed by atoms with Crippen molar-refractivity contribution >= 4 is 0 Å². The molecule has 0 aliphatic carbocycles. The summed E-state index contributed by atoms with van der Waals surface area (Å²) >= 11 is 0. The summed E-state index contributed by atoms with van der Waals surface area (Å²) in [6.45, 7) is -0.569. The van der Waals surface area contributed by atoms with Crippen LogP contribution < -0.4 is 0 Å². The van der Waals surface area contributed by atoms with Gasteiger partial charge in [-0.25, -0.2) is 4.98 Å². The van der Waals surface area contributed by atoms with Gasteiger partial charge in [-0.15, -0.1) is 0 Å². The SMILES string of the molecule is N#Cc1ncccc1C(O)C(O)CO. The summed E-state index contributed by atoms with van der Waals surface area (Å²) in [4.78, 5) is 3.72. The zero-order valence-electron chi connectivity index (χ0n) is 7.33. The predicted octanol–water partition coefficient (Wildman–Crippen LogP) is -0.660. The standard InChI is InChI=1S/C9H10N2O3/c10-4-7-6(2-1-3-11-7)9(14)8(13)5-12/h1-3,8-9,12-14H,5H2. The van der Waals surface area contributed by atoms with Gasteiger partial charge in [0.05, 0.1) is 6.61 Å². The van der Waals surface area contributed by atoms with Gasteiger partial charge in [0.25, 0.3) is 0 Å². The van der Waals surface area contributed by atoms with Crippen molar-refractivity contribution in [3.05, 3.63) is 29.6 Å². The van der Waals surface area contributed by atoms with Crippen molar-refractivity contribution in [2.45, 2.75) is 12.2 Å². The molecule has 1 heterocycles. The molecule has 1 aromatic heterocycles. The average molecular weight is 194 g/mol. The highest BCUT2D eigenvalue weighted by Gasteiger charge is 2.20. The van der Waals surface area contributed by atoms with Gasteiger partial charge in [0, 0.05) is 11.8 Å². The van der Waals surface area contributed by atoms with Crippen LogP contribution in [0.15, 0.2) is 18.3 Å². The Balaban J connectivity index is 3.01. The molecule has 0 aliphatic heterocycles. The van der Waals surface area contributed by atoms with E-state index in [4.69, 9.17) is 15.5 Å². The van der Waals surface area contributed by atoms with Crippen LogP contribution in [0.5, 0.6) is 0 Å². The van der Waals surface area contributed by atoms with E-state index in [0.29, 0.717) is 0 Å². The Morgan fingerprint density at radius 1 is 1.50 bits per heavy atom. The third-order valence-corrected chi connectivity index (χ3v) is 1.81. The zero-order valence-corrected chi connectivity index (χ0v) is 7.33. The summed E-state index contributed by atoms with van der Waals surface area (Å²) in [5.41, 5.74) is 0.268. The van der Waals surface area contributed by atoms with Gasteiger partial charge in [0.1, 0.15) is 24.0 Å². The van der Waals surface area contributed by atoms with Gasteiger partial charge < -0.3 is 15.3 Å². The fourth-order valence-corrected chi connectivity index (χ4v) is 1.06. The van der Waals surface area contributed by atoms with Crippen LogP contribution in [-0.4, -0.2) is 33.0 Å². The van der Waals surface area contributed by atoms with Crippen LogP contribution in [0.3, 0.4) is 0 Å². The summed E-state index contributed by atoms with van der Waals surface area (Å²) in [6.07, 6.45) is -1.17. The molecule has 0 radical (unpaired) electrons. The number of rotatable bonds is 3. The van der Waals surface area contributed by atoms with Crippen molar-refractivity contribution in [1.82, 2.24) is 4.98 Å². The lowest BCUT2D eigenvalue weighted by Gasteiger charge is -2.15. The number of pyridine rings is 1. The molecule has 0 spiro atoms. The van der Waals surface area contributed by atoms with E-state index in [-0.39, 0.29) is 11.3 Å². The highest BCUT2D eigenvalue weighted by atomic mass is 16.4. The van der Waals surface area contributed by atoms with Gasteiger partial charge in [-0.1, -0.05) is 6.07 Å². The van der Waals surface area contributed by atoms with Crippen LogP contribution in [0.1, 0.15) is 17.4 Å². The maximum atomic E-state index is 9.50. The second-order valence-electron chi connectivity index (χ2n) is 2.75. The fourth-order valence-electron chi connectivity index (χ4n) is 1.06. The number of aliphatic hydroxyl groups excluding tert-OH is 3. The minimum atomic E-state index is -1.30. The first-order valence-electron chi connectivity index (χ1n) is 4.02. The first-order valence-corrected chi connectivity index (χ1v) is 4.02. The van der Waals surface area contributed by atoms with E-state index >= 15 is 0 Å². The van der Waals surface area contributed by atoms with Crippen LogP contribution >= 0.6 is 0 Å². The molecule has 1 rings (SSSR count). The Hall–Kier alpha value is -1.48. The molecule has 3 N–H and O–H groups in total.